The average Bonchev–Trinajstić information content (AvgIpc) is 3.44. The van der Waals surface area contributed by atoms with Gasteiger partial charge in [-0.25, -0.2) is 0 Å². The number of methoxy groups -OCH3 is 1. The van der Waals surface area contributed by atoms with Crippen LogP contribution in [0.2, 0.25) is 0 Å². The van der Waals surface area contributed by atoms with Crippen LogP contribution < -0.4 is 10.1 Å². The SMILES string of the molecule is COc1ccc(CSCC(=O)N(Cc2cccc(C)c2)[C@H](Cc2ccccc2)C(=O)NC2CCCC2)cc1. The van der Waals surface area contributed by atoms with Crippen molar-refractivity contribution >= 4 is 23.6 Å². The van der Waals surface area contributed by atoms with Crippen LogP contribution in [0.5, 0.6) is 5.75 Å². The molecule has 2 amide bonds. The first-order valence-corrected chi connectivity index (χ1v) is 14.6. The molecule has 200 valence electrons. The van der Waals surface area contributed by atoms with Crippen molar-refractivity contribution in [2.75, 3.05) is 12.9 Å². The van der Waals surface area contributed by atoms with Crippen LogP contribution in [0.15, 0.2) is 78.9 Å². The molecule has 5 nitrogen and oxygen atoms in total. The van der Waals surface area contributed by atoms with Crippen LogP contribution in [-0.2, 0) is 28.3 Å². The zero-order valence-corrected chi connectivity index (χ0v) is 23.2. The first-order chi connectivity index (χ1) is 18.5. The molecule has 0 heterocycles. The van der Waals surface area contributed by atoms with Crippen LogP contribution in [0.1, 0.15) is 47.9 Å². The fourth-order valence-corrected chi connectivity index (χ4v) is 5.86. The number of nitrogens with one attached hydrogen (secondary N) is 1. The maximum absolute atomic E-state index is 13.8. The molecule has 0 bridgehead atoms. The summed E-state index contributed by atoms with van der Waals surface area (Å²) in [6.45, 7) is 2.45. The molecule has 1 aliphatic carbocycles. The number of rotatable bonds is 12. The summed E-state index contributed by atoms with van der Waals surface area (Å²) in [5, 5.41) is 3.27. The molecular formula is C32H38N2O3S. The van der Waals surface area contributed by atoms with Crippen molar-refractivity contribution < 1.29 is 14.3 Å². The van der Waals surface area contributed by atoms with E-state index in [0.717, 1.165) is 53.7 Å². The van der Waals surface area contributed by atoms with Gasteiger partial charge in [-0.3, -0.25) is 9.59 Å². The van der Waals surface area contributed by atoms with E-state index < -0.39 is 6.04 Å². The minimum absolute atomic E-state index is 0.0208. The summed E-state index contributed by atoms with van der Waals surface area (Å²) in [6, 6.07) is 25.7. The Morgan fingerprint density at radius 3 is 2.34 bits per heavy atom. The standard InChI is InChI=1S/C32H38N2O3S/c1-24-9-8-12-27(19-24)21-34(31(35)23-38-22-26-15-17-29(37-2)18-16-26)30(20-25-10-4-3-5-11-25)32(36)33-28-13-6-7-14-28/h3-5,8-12,15-19,28,30H,6-7,13-14,20-23H2,1-2H3,(H,33,36)/t30-/m1/s1. The van der Waals surface area contributed by atoms with Gasteiger partial charge in [-0.1, -0.05) is 85.1 Å². The molecule has 0 unspecified atom stereocenters. The molecule has 1 fully saturated rings. The summed E-state index contributed by atoms with van der Waals surface area (Å²) in [5.41, 5.74) is 4.35. The fourth-order valence-electron chi connectivity index (χ4n) is 4.99. The molecule has 3 aromatic rings. The maximum Gasteiger partial charge on any atom is 0.243 e. The van der Waals surface area contributed by atoms with E-state index in [1.54, 1.807) is 23.8 Å². The van der Waals surface area contributed by atoms with Crippen LogP contribution in [0.3, 0.4) is 0 Å². The Balaban J connectivity index is 1.54. The number of hydrogen-bond acceptors (Lipinski definition) is 4. The predicted octanol–water partition coefficient (Wildman–Crippen LogP) is 5.94. The van der Waals surface area contributed by atoms with Crippen LogP contribution in [-0.4, -0.2) is 41.7 Å². The van der Waals surface area contributed by atoms with Gasteiger partial charge in [0, 0.05) is 24.8 Å². The Kier molecular flexibility index (Phi) is 10.3. The van der Waals surface area contributed by atoms with Gasteiger partial charge in [0.1, 0.15) is 11.8 Å². The van der Waals surface area contributed by atoms with Crippen molar-refractivity contribution in [1.29, 1.82) is 0 Å². The maximum atomic E-state index is 13.8. The summed E-state index contributed by atoms with van der Waals surface area (Å²) < 4.78 is 5.25. The number of aryl methyl sites for hydroxylation is 1. The third-order valence-electron chi connectivity index (χ3n) is 7.06. The van der Waals surface area contributed by atoms with E-state index in [1.165, 1.54) is 0 Å². The highest BCUT2D eigenvalue weighted by atomic mass is 32.2. The van der Waals surface area contributed by atoms with Crippen LogP contribution in [0, 0.1) is 6.92 Å². The highest BCUT2D eigenvalue weighted by Gasteiger charge is 2.32. The Bertz CT molecular complexity index is 1180. The number of amides is 2. The van der Waals surface area contributed by atoms with Crippen molar-refractivity contribution in [2.24, 2.45) is 0 Å². The molecule has 0 radical (unpaired) electrons. The molecule has 1 N–H and O–H groups in total. The van der Waals surface area contributed by atoms with Gasteiger partial charge in [0.2, 0.25) is 11.8 Å². The second-order valence-corrected chi connectivity index (χ2v) is 11.0. The van der Waals surface area contributed by atoms with E-state index in [0.29, 0.717) is 24.5 Å². The predicted molar refractivity (Wildman–Crippen MR) is 155 cm³/mol. The topological polar surface area (TPSA) is 58.6 Å². The number of thioether (sulfide) groups is 1. The van der Waals surface area contributed by atoms with Crippen molar-refractivity contribution in [3.8, 4) is 5.75 Å². The normalized spacial score (nSPS) is 14.2. The number of nitrogens with zero attached hydrogens (tertiary/aromatic N) is 1. The summed E-state index contributed by atoms with van der Waals surface area (Å²) >= 11 is 1.57. The highest BCUT2D eigenvalue weighted by molar-refractivity contribution is 7.99. The largest absolute Gasteiger partial charge is 0.497 e. The lowest BCUT2D eigenvalue weighted by atomic mass is 10.0. The van der Waals surface area contributed by atoms with Gasteiger partial charge in [-0.05, 0) is 48.6 Å². The van der Waals surface area contributed by atoms with Gasteiger partial charge < -0.3 is 15.0 Å². The number of ether oxygens (including phenoxy) is 1. The third kappa shape index (κ3) is 8.12. The van der Waals surface area contributed by atoms with E-state index >= 15 is 0 Å². The quantitative estimate of drug-likeness (QED) is 0.315. The number of hydrogen-bond donors (Lipinski definition) is 1. The van der Waals surface area contributed by atoms with Gasteiger partial charge in [0.15, 0.2) is 0 Å². The van der Waals surface area contributed by atoms with Gasteiger partial charge >= 0.3 is 0 Å². The van der Waals surface area contributed by atoms with Gasteiger partial charge in [0.05, 0.1) is 12.9 Å². The summed E-state index contributed by atoms with van der Waals surface area (Å²) in [6.07, 6.45) is 4.78. The molecular weight excluding hydrogens is 492 g/mol. The van der Waals surface area contributed by atoms with Crippen LogP contribution in [0.25, 0.3) is 0 Å². The lowest BCUT2D eigenvalue weighted by molar-refractivity contribution is -0.139. The van der Waals surface area contributed by atoms with E-state index in [1.807, 2.05) is 66.7 Å². The molecule has 38 heavy (non-hydrogen) atoms. The summed E-state index contributed by atoms with van der Waals surface area (Å²) in [7, 11) is 1.65. The Labute approximate surface area is 231 Å². The second kappa shape index (κ2) is 14.1. The van der Waals surface area contributed by atoms with Crippen molar-refractivity contribution in [1.82, 2.24) is 10.2 Å². The third-order valence-corrected chi connectivity index (χ3v) is 8.05. The molecule has 3 aromatic carbocycles. The van der Waals surface area contributed by atoms with Crippen molar-refractivity contribution in [3.05, 3.63) is 101 Å². The number of carbonyl (C=O) groups excluding carboxylic acids is 2. The Morgan fingerprint density at radius 1 is 0.947 bits per heavy atom. The monoisotopic (exact) mass is 530 g/mol. The highest BCUT2D eigenvalue weighted by Crippen LogP contribution is 2.22. The first kappa shape index (κ1) is 27.8. The minimum atomic E-state index is -0.576. The zero-order valence-electron chi connectivity index (χ0n) is 22.4. The molecule has 1 aliphatic rings. The van der Waals surface area contributed by atoms with Gasteiger partial charge in [-0.2, -0.15) is 0 Å². The zero-order chi connectivity index (χ0) is 26.7. The molecule has 1 atom stereocenters. The van der Waals surface area contributed by atoms with Crippen LogP contribution >= 0.6 is 11.8 Å². The van der Waals surface area contributed by atoms with Crippen molar-refractivity contribution in [3.63, 3.8) is 0 Å². The van der Waals surface area contributed by atoms with E-state index in [4.69, 9.17) is 4.74 Å². The van der Waals surface area contributed by atoms with Crippen LogP contribution in [0.4, 0.5) is 0 Å². The van der Waals surface area contributed by atoms with E-state index in [-0.39, 0.29) is 17.9 Å². The van der Waals surface area contributed by atoms with Crippen molar-refractivity contribution in [2.45, 2.75) is 63.4 Å². The fraction of sp³-hybridized carbons (Fsp3) is 0.375. The smallest absolute Gasteiger partial charge is 0.243 e. The molecule has 0 aromatic heterocycles. The lowest BCUT2D eigenvalue weighted by Gasteiger charge is -2.32. The van der Waals surface area contributed by atoms with E-state index in [2.05, 4.69) is 24.4 Å². The lowest BCUT2D eigenvalue weighted by Crippen LogP contribution is -2.52. The molecule has 0 aliphatic heterocycles. The molecule has 0 spiro atoms. The number of carbonyl (C=O) groups is 2. The minimum Gasteiger partial charge on any atom is -0.497 e. The second-order valence-electron chi connectivity index (χ2n) is 10.0. The van der Waals surface area contributed by atoms with Gasteiger partial charge in [0.25, 0.3) is 0 Å². The Hall–Kier alpha value is -3.25. The summed E-state index contributed by atoms with van der Waals surface area (Å²) in [5.74, 6) is 1.76. The molecule has 6 heteroatoms. The average molecular weight is 531 g/mol. The van der Waals surface area contributed by atoms with Gasteiger partial charge in [-0.15, -0.1) is 11.8 Å². The first-order valence-electron chi connectivity index (χ1n) is 13.4. The molecule has 1 saturated carbocycles. The molecule has 4 rings (SSSR count). The Morgan fingerprint density at radius 2 is 1.66 bits per heavy atom. The van der Waals surface area contributed by atoms with E-state index in [9.17, 15) is 9.59 Å². The number of benzene rings is 3. The molecule has 0 saturated heterocycles. The summed E-state index contributed by atoms with van der Waals surface area (Å²) in [4.78, 5) is 29.3.